The van der Waals surface area contributed by atoms with Gasteiger partial charge in [-0.25, -0.2) is 9.67 Å². The van der Waals surface area contributed by atoms with E-state index < -0.39 is 5.60 Å². The van der Waals surface area contributed by atoms with Crippen molar-refractivity contribution < 1.29 is 9.84 Å². The van der Waals surface area contributed by atoms with E-state index in [4.69, 9.17) is 14.8 Å². The van der Waals surface area contributed by atoms with Crippen molar-refractivity contribution >= 4 is 0 Å². The maximum absolute atomic E-state index is 10.3. The molecule has 1 aromatic carbocycles. The van der Waals surface area contributed by atoms with E-state index in [1.165, 1.54) is 5.56 Å². The van der Waals surface area contributed by atoms with Crippen LogP contribution in [0.25, 0.3) is 0 Å². The first-order chi connectivity index (χ1) is 11.5. The maximum atomic E-state index is 10.3. The zero-order valence-electron chi connectivity index (χ0n) is 14.4. The van der Waals surface area contributed by atoms with Crippen LogP contribution in [0.1, 0.15) is 56.2 Å². The van der Waals surface area contributed by atoms with Crippen LogP contribution < -0.4 is 0 Å². The zero-order chi connectivity index (χ0) is 16.8. The molecule has 1 atom stereocenters. The summed E-state index contributed by atoms with van der Waals surface area (Å²) in [5.41, 5.74) is 0.433. The molecule has 1 aliphatic carbocycles. The largest absolute Gasteiger partial charge is 0.389 e. The highest BCUT2D eigenvalue weighted by Gasteiger charge is 2.50. The van der Waals surface area contributed by atoms with Gasteiger partial charge < -0.3 is 9.84 Å². The molecule has 5 heteroatoms. The van der Waals surface area contributed by atoms with Crippen molar-refractivity contribution in [3.8, 4) is 0 Å². The minimum atomic E-state index is -0.817. The Morgan fingerprint density at radius 2 is 2.04 bits per heavy atom. The van der Waals surface area contributed by atoms with E-state index in [0.29, 0.717) is 13.2 Å². The molecule has 4 rings (SSSR count). The smallest absolute Gasteiger partial charge is 0.161 e. The van der Waals surface area contributed by atoms with Crippen LogP contribution in [0.4, 0.5) is 0 Å². The summed E-state index contributed by atoms with van der Waals surface area (Å²) < 4.78 is 7.46. The third kappa shape index (κ3) is 2.87. The van der Waals surface area contributed by atoms with Crippen LogP contribution in [0, 0.1) is 0 Å². The summed E-state index contributed by atoms with van der Waals surface area (Å²) in [6.45, 7) is 5.55. The van der Waals surface area contributed by atoms with Gasteiger partial charge in [-0.3, -0.25) is 0 Å². The van der Waals surface area contributed by atoms with Crippen LogP contribution in [0.5, 0.6) is 0 Å². The van der Waals surface area contributed by atoms with Crippen molar-refractivity contribution in [1.82, 2.24) is 14.8 Å². The third-order valence-corrected chi connectivity index (χ3v) is 5.04. The van der Waals surface area contributed by atoms with E-state index in [1.807, 2.05) is 24.6 Å². The second-order valence-electron chi connectivity index (χ2n) is 7.77. The Kier molecular flexibility index (Phi) is 3.73. The van der Waals surface area contributed by atoms with Crippen molar-refractivity contribution in [3.63, 3.8) is 0 Å². The first-order valence-electron chi connectivity index (χ1n) is 8.79. The standard InChI is InChI=1S/C19H25N3O2/c1-18(2,23)13-22-16(14-8-11-24-12-14)20-17(21-22)19(9-10-19)15-6-4-3-5-7-15/h3-7,14,23H,8-13H2,1-2H3/t14-/m0/s1. The predicted molar refractivity (Wildman–Crippen MR) is 91.0 cm³/mol. The van der Waals surface area contributed by atoms with Crippen molar-refractivity contribution in [1.29, 1.82) is 0 Å². The SMILES string of the molecule is CC(C)(O)Cn1nc(C2(c3ccccc3)CC2)nc1[C@H]1CCOC1. The molecular formula is C19H25N3O2. The number of hydrogen-bond donors (Lipinski definition) is 1. The molecule has 0 amide bonds. The highest BCUT2D eigenvalue weighted by Crippen LogP contribution is 2.52. The summed E-state index contributed by atoms with van der Waals surface area (Å²) >= 11 is 0. The summed E-state index contributed by atoms with van der Waals surface area (Å²) in [4.78, 5) is 4.95. The minimum Gasteiger partial charge on any atom is -0.389 e. The van der Waals surface area contributed by atoms with Gasteiger partial charge in [-0.15, -0.1) is 0 Å². The van der Waals surface area contributed by atoms with Crippen LogP contribution in [-0.4, -0.2) is 38.7 Å². The Morgan fingerprint density at radius 1 is 1.29 bits per heavy atom. The molecule has 1 saturated heterocycles. The lowest BCUT2D eigenvalue weighted by Crippen LogP contribution is -2.28. The fourth-order valence-electron chi connectivity index (χ4n) is 3.60. The molecule has 2 heterocycles. The van der Waals surface area contributed by atoms with Crippen molar-refractivity contribution in [2.75, 3.05) is 13.2 Å². The van der Waals surface area contributed by atoms with Crippen molar-refractivity contribution in [2.45, 2.75) is 56.6 Å². The third-order valence-electron chi connectivity index (χ3n) is 5.04. The molecule has 2 fully saturated rings. The number of rotatable bonds is 5. The number of ether oxygens (including phenoxy) is 1. The number of nitrogens with zero attached hydrogens (tertiary/aromatic N) is 3. The Morgan fingerprint density at radius 3 is 2.62 bits per heavy atom. The van der Waals surface area contributed by atoms with Gasteiger partial charge in [0.1, 0.15) is 5.82 Å². The molecule has 5 nitrogen and oxygen atoms in total. The molecule has 0 spiro atoms. The average molecular weight is 327 g/mol. The molecule has 1 N–H and O–H groups in total. The van der Waals surface area contributed by atoms with Gasteiger partial charge in [0, 0.05) is 12.5 Å². The fourth-order valence-corrected chi connectivity index (χ4v) is 3.60. The molecule has 128 valence electrons. The molecular weight excluding hydrogens is 302 g/mol. The molecule has 2 aliphatic rings. The molecule has 0 radical (unpaired) electrons. The summed E-state index contributed by atoms with van der Waals surface area (Å²) in [5, 5.41) is 15.1. The molecule has 1 aromatic heterocycles. The first-order valence-corrected chi connectivity index (χ1v) is 8.79. The molecule has 2 aromatic rings. The molecule has 0 unspecified atom stereocenters. The quantitative estimate of drug-likeness (QED) is 0.917. The van der Waals surface area contributed by atoms with Gasteiger partial charge >= 0.3 is 0 Å². The maximum Gasteiger partial charge on any atom is 0.161 e. The van der Waals surface area contributed by atoms with E-state index in [-0.39, 0.29) is 11.3 Å². The van der Waals surface area contributed by atoms with Gasteiger partial charge in [-0.1, -0.05) is 30.3 Å². The van der Waals surface area contributed by atoms with Crippen molar-refractivity contribution in [3.05, 3.63) is 47.5 Å². The van der Waals surface area contributed by atoms with Crippen LogP contribution in [0.2, 0.25) is 0 Å². The number of hydrogen-bond acceptors (Lipinski definition) is 4. The van der Waals surface area contributed by atoms with Gasteiger partial charge in [0.05, 0.1) is 24.2 Å². The van der Waals surface area contributed by atoms with Gasteiger partial charge in [0.25, 0.3) is 0 Å². The van der Waals surface area contributed by atoms with Gasteiger partial charge in [-0.2, -0.15) is 5.10 Å². The number of aromatic nitrogens is 3. The van der Waals surface area contributed by atoms with E-state index in [9.17, 15) is 5.11 Å². The second kappa shape index (κ2) is 5.67. The Balaban J connectivity index is 1.73. The normalized spacial score (nSPS) is 22.7. The zero-order valence-corrected chi connectivity index (χ0v) is 14.4. The second-order valence-corrected chi connectivity index (χ2v) is 7.77. The number of benzene rings is 1. The fraction of sp³-hybridized carbons (Fsp3) is 0.579. The van der Waals surface area contributed by atoms with Crippen LogP contribution >= 0.6 is 0 Å². The van der Waals surface area contributed by atoms with E-state index in [0.717, 1.165) is 37.5 Å². The molecule has 24 heavy (non-hydrogen) atoms. The Hall–Kier alpha value is -1.72. The van der Waals surface area contributed by atoms with E-state index in [1.54, 1.807) is 0 Å². The molecule has 0 bridgehead atoms. The summed E-state index contributed by atoms with van der Waals surface area (Å²) in [6, 6.07) is 10.5. The minimum absolute atomic E-state index is 0.0413. The van der Waals surface area contributed by atoms with Gasteiger partial charge in [-0.05, 0) is 38.7 Å². The van der Waals surface area contributed by atoms with Gasteiger partial charge in [0.2, 0.25) is 0 Å². The summed E-state index contributed by atoms with van der Waals surface area (Å²) in [5.74, 6) is 2.15. The lowest BCUT2D eigenvalue weighted by atomic mass is 9.95. The monoisotopic (exact) mass is 327 g/mol. The molecule has 1 saturated carbocycles. The lowest BCUT2D eigenvalue weighted by molar-refractivity contribution is 0.0559. The van der Waals surface area contributed by atoms with E-state index in [2.05, 4.69) is 24.3 Å². The van der Waals surface area contributed by atoms with Crippen LogP contribution in [-0.2, 0) is 16.7 Å². The average Bonchev–Trinajstić information content (AvgIpc) is 2.98. The lowest BCUT2D eigenvalue weighted by Gasteiger charge is -2.19. The Labute approximate surface area is 142 Å². The number of aliphatic hydroxyl groups is 1. The van der Waals surface area contributed by atoms with E-state index >= 15 is 0 Å². The topological polar surface area (TPSA) is 60.2 Å². The van der Waals surface area contributed by atoms with Crippen molar-refractivity contribution in [2.24, 2.45) is 0 Å². The molecule has 1 aliphatic heterocycles. The van der Waals surface area contributed by atoms with Crippen LogP contribution in [0.3, 0.4) is 0 Å². The van der Waals surface area contributed by atoms with Gasteiger partial charge in [0.15, 0.2) is 5.82 Å². The van der Waals surface area contributed by atoms with Crippen LogP contribution in [0.15, 0.2) is 30.3 Å². The predicted octanol–water partition coefficient (Wildman–Crippen LogP) is 2.63. The summed E-state index contributed by atoms with van der Waals surface area (Å²) in [7, 11) is 0. The Bertz CT molecular complexity index is 708. The highest BCUT2D eigenvalue weighted by molar-refractivity contribution is 5.39. The summed E-state index contributed by atoms with van der Waals surface area (Å²) in [6.07, 6.45) is 3.15. The first kappa shape index (κ1) is 15.8. The highest BCUT2D eigenvalue weighted by atomic mass is 16.5.